The van der Waals surface area contributed by atoms with Crippen molar-refractivity contribution in [2.75, 3.05) is 5.32 Å². The number of halogens is 2. The molecule has 3 N–H and O–H groups in total. The Morgan fingerprint density at radius 2 is 1.92 bits per heavy atom. The highest BCUT2D eigenvalue weighted by molar-refractivity contribution is 6.31. The SMILES string of the molecule is O=C(/C=C/c1ccc(-c2ccc3ncnc(Nc4ccc(CCc5cccc(F)c5)c(Cl)c4)c3c2)o1)NO. The van der Waals surface area contributed by atoms with Crippen LogP contribution in [0, 0.1) is 5.82 Å². The van der Waals surface area contributed by atoms with Gasteiger partial charge in [-0.25, -0.2) is 19.8 Å². The van der Waals surface area contributed by atoms with Crippen LogP contribution in [0.1, 0.15) is 16.9 Å². The quantitative estimate of drug-likeness (QED) is 0.117. The first kappa shape index (κ1) is 25.1. The first-order chi connectivity index (χ1) is 18.5. The van der Waals surface area contributed by atoms with Crippen molar-refractivity contribution < 1.29 is 18.8 Å². The number of benzene rings is 3. The maximum absolute atomic E-state index is 13.5. The molecule has 38 heavy (non-hydrogen) atoms. The van der Waals surface area contributed by atoms with E-state index in [2.05, 4.69) is 15.3 Å². The number of furan rings is 1. The fourth-order valence-electron chi connectivity index (χ4n) is 4.04. The van der Waals surface area contributed by atoms with E-state index in [0.717, 1.165) is 39.4 Å². The van der Waals surface area contributed by atoms with Crippen LogP contribution < -0.4 is 10.8 Å². The summed E-state index contributed by atoms with van der Waals surface area (Å²) in [6.07, 6.45) is 5.48. The summed E-state index contributed by atoms with van der Waals surface area (Å²) in [5.74, 6) is 0.757. The molecule has 0 aliphatic rings. The Kier molecular flexibility index (Phi) is 7.44. The van der Waals surface area contributed by atoms with Gasteiger partial charge in [0.15, 0.2) is 0 Å². The van der Waals surface area contributed by atoms with E-state index < -0.39 is 5.91 Å². The second-order valence-electron chi connectivity index (χ2n) is 8.53. The topological polar surface area (TPSA) is 100 Å². The number of rotatable bonds is 8. The first-order valence-corrected chi connectivity index (χ1v) is 12.1. The molecule has 0 saturated heterocycles. The molecule has 5 rings (SSSR count). The summed E-state index contributed by atoms with van der Waals surface area (Å²) in [6, 6.07) is 21.5. The molecule has 3 aromatic carbocycles. The van der Waals surface area contributed by atoms with Crippen LogP contribution in [0.4, 0.5) is 15.9 Å². The molecule has 0 spiro atoms. The van der Waals surface area contributed by atoms with Crippen molar-refractivity contribution in [1.29, 1.82) is 0 Å². The number of nitrogens with zero attached hydrogens (tertiary/aromatic N) is 2. The Morgan fingerprint density at radius 1 is 1.03 bits per heavy atom. The van der Waals surface area contributed by atoms with Gasteiger partial charge < -0.3 is 9.73 Å². The highest BCUT2D eigenvalue weighted by atomic mass is 35.5. The zero-order valence-electron chi connectivity index (χ0n) is 20.0. The van der Waals surface area contributed by atoms with E-state index in [1.165, 1.54) is 30.0 Å². The second-order valence-corrected chi connectivity index (χ2v) is 8.93. The summed E-state index contributed by atoms with van der Waals surface area (Å²) in [7, 11) is 0. The largest absolute Gasteiger partial charge is 0.457 e. The van der Waals surface area contributed by atoms with Gasteiger partial charge in [-0.3, -0.25) is 10.0 Å². The Morgan fingerprint density at radius 3 is 2.74 bits per heavy atom. The number of hydrogen-bond donors (Lipinski definition) is 3. The van der Waals surface area contributed by atoms with E-state index in [4.69, 9.17) is 21.2 Å². The van der Waals surface area contributed by atoms with E-state index in [-0.39, 0.29) is 5.82 Å². The van der Waals surface area contributed by atoms with Crippen LogP contribution in [0.3, 0.4) is 0 Å². The van der Waals surface area contributed by atoms with Crippen LogP contribution in [0.5, 0.6) is 0 Å². The Hall–Kier alpha value is -4.53. The summed E-state index contributed by atoms with van der Waals surface area (Å²) < 4.78 is 19.3. The zero-order chi connectivity index (χ0) is 26.5. The van der Waals surface area contributed by atoms with Gasteiger partial charge in [-0.1, -0.05) is 29.8 Å². The Balaban J connectivity index is 1.35. The molecule has 0 atom stereocenters. The number of hydrogen-bond acceptors (Lipinski definition) is 6. The third kappa shape index (κ3) is 5.88. The fraction of sp³-hybridized carbons (Fsp3) is 0.0690. The molecule has 0 aliphatic carbocycles. The number of amides is 1. The number of nitrogens with one attached hydrogen (secondary N) is 2. The number of carbonyl (C=O) groups is 1. The van der Waals surface area contributed by atoms with Gasteiger partial charge in [0, 0.05) is 27.7 Å². The maximum atomic E-state index is 13.5. The smallest absolute Gasteiger partial charge is 0.267 e. The molecule has 2 heterocycles. The van der Waals surface area contributed by atoms with Crippen LogP contribution in [-0.4, -0.2) is 21.1 Å². The Bertz CT molecular complexity index is 1650. The molecule has 190 valence electrons. The number of aromatic nitrogens is 2. The summed E-state index contributed by atoms with van der Waals surface area (Å²) >= 11 is 6.57. The van der Waals surface area contributed by atoms with Crippen molar-refractivity contribution in [3.8, 4) is 11.3 Å². The lowest BCUT2D eigenvalue weighted by Gasteiger charge is -2.11. The lowest BCUT2D eigenvalue weighted by Crippen LogP contribution is -2.14. The molecule has 7 nitrogen and oxygen atoms in total. The molecule has 0 bridgehead atoms. The summed E-state index contributed by atoms with van der Waals surface area (Å²) in [5, 5.41) is 13.3. The van der Waals surface area contributed by atoms with E-state index in [9.17, 15) is 9.18 Å². The molecule has 9 heteroatoms. The van der Waals surface area contributed by atoms with Crippen LogP contribution in [0.25, 0.3) is 28.3 Å². The molecular weight excluding hydrogens is 507 g/mol. The number of fused-ring (bicyclic) bond motifs is 1. The third-order valence-electron chi connectivity index (χ3n) is 5.94. The predicted molar refractivity (Wildman–Crippen MR) is 145 cm³/mol. The number of hydroxylamine groups is 1. The van der Waals surface area contributed by atoms with E-state index in [0.29, 0.717) is 35.2 Å². The molecule has 5 aromatic rings. The highest BCUT2D eigenvalue weighted by Gasteiger charge is 2.11. The van der Waals surface area contributed by atoms with Crippen molar-refractivity contribution in [2.24, 2.45) is 0 Å². The van der Waals surface area contributed by atoms with Crippen molar-refractivity contribution in [1.82, 2.24) is 15.4 Å². The normalized spacial score (nSPS) is 11.2. The first-order valence-electron chi connectivity index (χ1n) is 11.8. The van der Waals surface area contributed by atoms with Gasteiger partial charge in [0.1, 0.15) is 29.5 Å². The zero-order valence-corrected chi connectivity index (χ0v) is 20.7. The van der Waals surface area contributed by atoms with Gasteiger partial charge in [-0.05, 0) is 84.6 Å². The predicted octanol–water partition coefficient (Wildman–Crippen LogP) is 6.73. The van der Waals surface area contributed by atoms with E-state index in [1.54, 1.807) is 18.2 Å². The summed E-state index contributed by atoms with van der Waals surface area (Å²) in [5.41, 5.74) is 5.73. The molecule has 0 radical (unpaired) electrons. The van der Waals surface area contributed by atoms with Gasteiger partial charge in [-0.2, -0.15) is 0 Å². The van der Waals surface area contributed by atoms with Gasteiger partial charge in [0.05, 0.1) is 5.52 Å². The lowest BCUT2D eigenvalue weighted by atomic mass is 10.0. The van der Waals surface area contributed by atoms with Gasteiger partial charge >= 0.3 is 0 Å². The standard InChI is InChI=1S/C29H22ClFN4O3/c30-25-16-22(8-6-19(25)5-4-18-2-1-3-21(31)14-18)34-29-24-15-20(7-11-26(24)32-17-33-29)27-12-9-23(38-27)10-13-28(36)35-37/h1-3,6-17,37H,4-5H2,(H,35,36)(H,32,33,34)/b13-10+. The number of anilines is 2. The monoisotopic (exact) mass is 528 g/mol. The summed E-state index contributed by atoms with van der Waals surface area (Å²) in [4.78, 5) is 20.0. The minimum Gasteiger partial charge on any atom is -0.457 e. The fourth-order valence-corrected chi connectivity index (χ4v) is 4.31. The van der Waals surface area contributed by atoms with Crippen LogP contribution in [0.2, 0.25) is 5.02 Å². The van der Waals surface area contributed by atoms with Crippen LogP contribution in [-0.2, 0) is 17.6 Å². The number of carbonyl (C=O) groups excluding carboxylic acids is 1. The number of aryl methyl sites for hydroxylation is 2. The van der Waals surface area contributed by atoms with Crippen molar-refractivity contribution in [2.45, 2.75) is 12.8 Å². The van der Waals surface area contributed by atoms with Crippen molar-refractivity contribution in [3.05, 3.63) is 113 Å². The molecule has 2 aromatic heterocycles. The third-order valence-corrected chi connectivity index (χ3v) is 6.30. The molecule has 0 aliphatic heterocycles. The van der Waals surface area contributed by atoms with Crippen molar-refractivity contribution >= 4 is 46.0 Å². The summed E-state index contributed by atoms with van der Waals surface area (Å²) in [6.45, 7) is 0. The van der Waals surface area contributed by atoms with Gasteiger partial charge in [0.25, 0.3) is 5.91 Å². The average molecular weight is 529 g/mol. The minimum atomic E-state index is -0.652. The van der Waals surface area contributed by atoms with Crippen LogP contribution >= 0.6 is 11.6 Å². The molecular formula is C29H22ClFN4O3. The second kappa shape index (κ2) is 11.2. The maximum Gasteiger partial charge on any atom is 0.267 e. The van der Waals surface area contributed by atoms with Gasteiger partial charge in [-0.15, -0.1) is 0 Å². The molecule has 0 unspecified atom stereocenters. The van der Waals surface area contributed by atoms with Gasteiger partial charge in [0.2, 0.25) is 0 Å². The highest BCUT2D eigenvalue weighted by Crippen LogP contribution is 2.31. The van der Waals surface area contributed by atoms with Crippen molar-refractivity contribution in [3.63, 3.8) is 0 Å². The average Bonchev–Trinajstić information content (AvgIpc) is 3.40. The molecule has 0 fully saturated rings. The minimum absolute atomic E-state index is 0.246. The van der Waals surface area contributed by atoms with E-state index >= 15 is 0 Å². The Labute approximate surface area is 222 Å². The molecule has 1 amide bonds. The van der Waals surface area contributed by atoms with Crippen LogP contribution in [0.15, 0.2) is 89.6 Å². The molecule has 0 saturated carbocycles. The van der Waals surface area contributed by atoms with E-state index in [1.807, 2.05) is 42.5 Å². The lowest BCUT2D eigenvalue weighted by molar-refractivity contribution is -0.124.